The topological polar surface area (TPSA) is 68.2 Å². The van der Waals surface area contributed by atoms with Gasteiger partial charge in [0.1, 0.15) is 19.3 Å². The molecule has 1 N–H and O–H groups in total. The van der Waals surface area contributed by atoms with Gasteiger partial charge in [-0.15, -0.1) is 0 Å². The maximum atomic E-state index is 11.7. The Hall–Kier alpha value is -1.50. The van der Waals surface area contributed by atoms with Crippen molar-refractivity contribution < 1.29 is 24.1 Å². The molecule has 3 rings (SSSR count). The van der Waals surface area contributed by atoms with Gasteiger partial charge in [0.2, 0.25) is 0 Å². The van der Waals surface area contributed by atoms with E-state index in [9.17, 15) is 9.90 Å². The predicted octanol–water partition coefficient (Wildman–Crippen LogP) is 1.57. The molecular formula is C14H16ClNO5. The number of halogens is 1. The summed E-state index contributed by atoms with van der Waals surface area (Å²) in [5.41, 5.74) is 0.596. The lowest BCUT2D eigenvalue weighted by molar-refractivity contribution is -0.145. The van der Waals surface area contributed by atoms with Crippen molar-refractivity contribution in [1.82, 2.24) is 4.90 Å². The summed E-state index contributed by atoms with van der Waals surface area (Å²) in [5.74, 6) is 0.0747. The van der Waals surface area contributed by atoms with Gasteiger partial charge in [-0.1, -0.05) is 11.6 Å². The van der Waals surface area contributed by atoms with Crippen LogP contribution in [0.2, 0.25) is 5.02 Å². The second-order valence-electron chi connectivity index (χ2n) is 4.92. The standard InChI is InChI=1S/C14H16ClNO5/c15-10-7-9(8-11-13(10)21-6-5-20-11)12(14(17)18)16-1-3-19-4-2-16/h7-8,12H,1-6H2,(H,17,18). The number of ether oxygens (including phenoxy) is 3. The predicted molar refractivity (Wildman–Crippen MR) is 75.2 cm³/mol. The van der Waals surface area contributed by atoms with Gasteiger partial charge in [0.15, 0.2) is 11.5 Å². The SMILES string of the molecule is O=C(O)C(c1cc(Cl)c2c(c1)OCCO2)N1CCOCC1. The van der Waals surface area contributed by atoms with Crippen LogP contribution in [0.25, 0.3) is 0 Å². The van der Waals surface area contributed by atoms with Crippen LogP contribution in [0.4, 0.5) is 0 Å². The number of nitrogens with zero attached hydrogens (tertiary/aromatic N) is 1. The first-order valence-electron chi connectivity index (χ1n) is 6.80. The summed E-state index contributed by atoms with van der Waals surface area (Å²) in [7, 11) is 0. The quantitative estimate of drug-likeness (QED) is 0.913. The van der Waals surface area contributed by atoms with Gasteiger partial charge in [-0.2, -0.15) is 0 Å². The van der Waals surface area contributed by atoms with Crippen molar-refractivity contribution >= 4 is 17.6 Å². The maximum Gasteiger partial charge on any atom is 0.325 e. The van der Waals surface area contributed by atoms with Crippen LogP contribution >= 0.6 is 11.6 Å². The fraction of sp³-hybridized carbons (Fsp3) is 0.500. The van der Waals surface area contributed by atoms with Gasteiger partial charge in [0.25, 0.3) is 0 Å². The molecule has 114 valence electrons. The Morgan fingerprint density at radius 2 is 1.90 bits per heavy atom. The van der Waals surface area contributed by atoms with Crippen molar-refractivity contribution in [1.29, 1.82) is 0 Å². The van der Waals surface area contributed by atoms with Crippen LogP contribution in [0, 0.1) is 0 Å². The number of benzene rings is 1. The van der Waals surface area contributed by atoms with Crippen LogP contribution < -0.4 is 9.47 Å². The van der Waals surface area contributed by atoms with E-state index >= 15 is 0 Å². The number of hydrogen-bond acceptors (Lipinski definition) is 5. The molecule has 1 atom stereocenters. The van der Waals surface area contributed by atoms with E-state index in [1.54, 1.807) is 12.1 Å². The zero-order valence-electron chi connectivity index (χ0n) is 11.4. The largest absolute Gasteiger partial charge is 0.486 e. The van der Waals surface area contributed by atoms with Gasteiger partial charge in [-0.3, -0.25) is 9.69 Å². The number of carboxylic acids is 1. The van der Waals surface area contributed by atoms with Gasteiger partial charge in [-0.05, 0) is 17.7 Å². The molecule has 0 aromatic heterocycles. The molecule has 7 heteroatoms. The highest BCUT2D eigenvalue weighted by Gasteiger charge is 2.31. The first-order chi connectivity index (χ1) is 10.2. The third-order valence-corrected chi connectivity index (χ3v) is 3.86. The highest BCUT2D eigenvalue weighted by Crippen LogP contribution is 2.40. The number of aliphatic carboxylic acids is 1. The number of carbonyl (C=O) groups is 1. The number of carboxylic acid groups (broad SMARTS) is 1. The zero-order valence-corrected chi connectivity index (χ0v) is 12.1. The van der Waals surface area contributed by atoms with Crippen LogP contribution in [0.15, 0.2) is 12.1 Å². The minimum absolute atomic E-state index is 0.377. The molecule has 1 unspecified atom stereocenters. The van der Waals surface area contributed by atoms with Gasteiger partial charge in [-0.25, -0.2) is 0 Å². The van der Waals surface area contributed by atoms with Crippen molar-refractivity contribution in [3.8, 4) is 11.5 Å². The van der Waals surface area contributed by atoms with Gasteiger partial charge < -0.3 is 19.3 Å². The van der Waals surface area contributed by atoms with E-state index in [0.717, 1.165) is 0 Å². The summed E-state index contributed by atoms with van der Waals surface area (Å²) in [6.45, 7) is 3.08. The van der Waals surface area contributed by atoms with E-state index in [0.29, 0.717) is 61.6 Å². The van der Waals surface area contributed by atoms with Gasteiger partial charge in [0.05, 0.1) is 18.2 Å². The molecular weight excluding hydrogens is 298 g/mol. The molecule has 1 aromatic rings. The summed E-state index contributed by atoms with van der Waals surface area (Å²) in [5, 5.41) is 9.95. The Kier molecular flexibility index (Phi) is 4.19. The van der Waals surface area contributed by atoms with E-state index in [4.69, 9.17) is 25.8 Å². The lowest BCUT2D eigenvalue weighted by atomic mass is 10.0. The molecule has 6 nitrogen and oxygen atoms in total. The highest BCUT2D eigenvalue weighted by atomic mass is 35.5. The monoisotopic (exact) mass is 313 g/mol. The van der Waals surface area contributed by atoms with Crippen molar-refractivity contribution in [3.63, 3.8) is 0 Å². The molecule has 1 aromatic carbocycles. The van der Waals surface area contributed by atoms with Crippen LogP contribution in [-0.2, 0) is 9.53 Å². The molecule has 0 radical (unpaired) electrons. The lowest BCUT2D eigenvalue weighted by Gasteiger charge is -2.32. The minimum Gasteiger partial charge on any atom is -0.486 e. The fourth-order valence-corrected chi connectivity index (χ4v) is 2.91. The molecule has 1 fully saturated rings. The molecule has 0 saturated carbocycles. The second-order valence-corrected chi connectivity index (χ2v) is 5.32. The van der Waals surface area contributed by atoms with E-state index in [-0.39, 0.29) is 0 Å². The molecule has 0 spiro atoms. The van der Waals surface area contributed by atoms with E-state index < -0.39 is 12.0 Å². The molecule has 21 heavy (non-hydrogen) atoms. The summed E-state index contributed by atoms with van der Waals surface area (Å²) < 4.78 is 16.2. The first-order valence-corrected chi connectivity index (χ1v) is 7.18. The summed E-state index contributed by atoms with van der Waals surface area (Å²) >= 11 is 6.19. The van der Waals surface area contributed by atoms with Crippen LogP contribution in [-0.4, -0.2) is 55.5 Å². The summed E-state index contributed by atoms with van der Waals surface area (Å²) in [6.07, 6.45) is 0. The number of fused-ring (bicyclic) bond motifs is 1. The van der Waals surface area contributed by atoms with Gasteiger partial charge >= 0.3 is 5.97 Å². The van der Waals surface area contributed by atoms with Crippen LogP contribution in [0.3, 0.4) is 0 Å². The number of morpholine rings is 1. The summed E-state index contributed by atoms with van der Waals surface area (Å²) in [4.78, 5) is 13.5. The lowest BCUT2D eigenvalue weighted by Crippen LogP contribution is -2.42. The van der Waals surface area contributed by atoms with Crippen molar-refractivity contribution in [2.45, 2.75) is 6.04 Å². The molecule has 0 bridgehead atoms. The molecule has 0 amide bonds. The summed E-state index contributed by atoms with van der Waals surface area (Å²) in [6, 6.07) is 2.58. The first kappa shape index (κ1) is 14.4. The van der Waals surface area contributed by atoms with Crippen LogP contribution in [0.1, 0.15) is 11.6 Å². The normalized spacial score (nSPS) is 20.0. The molecule has 2 aliphatic rings. The van der Waals surface area contributed by atoms with E-state index in [1.165, 1.54) is 0 Å². The minimum atomic E-state index is -0.912. The van der Waals surface area contributed by atoms with E-state index in [2.05, 4.69) is 0 Å². The third-order valence-electron chi connectivity index (χ3n) is 3.58. The van der Waals surface area contributed by atoms with Crippen molar-refractivity contribution in [2.24, 2.45) is 0 Å². The zero-order chi connectivity index (χ0) is 14.8. The van der Waals surface area contributed by atoms with Gasteiger partial charge in [0, 0.05) is 13.1 Å². The molecule has 2 aliphatic heterocycles. The second kappa shape index (κ2) is 6.09. The number of hydrogen-bond donors (Lipinski definition) is 1. The number of rotatable bonds is 3. The molecule has 2 heterocycles. The molecule has 1 saturated heterocycles. The van der Waals surface area contributed by atoms with Crippen LogP contribution in [0.5, 0.6) is 11.5 Å². The Morgan fingerprint density at radius 3 is 2.62 bits per heavy atom. The Morgan fingerprint density at radius 1 is 1.19 bits per heavy atom. The van der Waals surface area contributed by atoms with Crippen molar-refractivity contribution in [2.75, 3.05) is 39.5 Å². The Labute approximate surface area is 127 Å². The molecule has 0 aliphatic carbocycles. The van der Waals surface area contributed by atoms with E-state index in [1.807, 2.05) is 4.90 Å². The fourth-order valence-electron chi connectivity index (χ4n) is 2.63. The third kappa shape index (κ3) is 2.92. The average molecular weight is 314 g/mol. The van der Waals surface area contributed by atoms with Crippen molar-refractivity contribution in [3.05, 3.63) is 22.7 Å². The maximum absolute atomic E-state index is 11.7. The Bertz CT molecular complexity index is 544. The Balaban J connectivity index is 1.95. The smallest absolute Gasteiger partial charge is 0.325 e. The average Bonchev–Trinajstić information content (AvgIpc) is 2.48. The highest BCUT2D eigenvalue weighted by molar-refractivity contribution is 6.32.